The SMILES string of the molecule is CC(C)(C)C1C2CC2CN1C(C)(C)C.CC(C)(C)C1C2CCC(C2)N1C(C)(C)C.CC(C)(C)C1C=CCN1C(C)(C)C.CC(C)(C)C1CC2CCCC2N1C(C)(C)C.CC(C)(C)C1CCCN1C(C)(C)C.CC(C)(C)C1CCN1C(C)(C)C.CC(C)(C)C1COCN1C(C)(C)C.CC(C)(C)C1CSCN1C(C)(C)C.CC(C)C1CCCCN1C(C)(C)C.CC(C)[C@@H]1CCCN1C(C)C.CC(C)[C@@H]1[C@H]2C[C@H]2CN1C(C)C. The van der Waals surface area contributed by atoms with Crippen molar-refractivity contribution in [1.29, 1.82) is 0 Å². The molecule has 145 heavy (non-hydrogen) atoms. The zero-order valence-corrected chi connectivity index (χ0v) is 111. The van der Waals surface area contributed by atoms with Crippen LogP contribution in [-0.4, -0.2) is 265 Å². The number of piperidine rings is 4. The van der Waals surface area contributed by atoms with Crippen molar-refractivity contribution in [1.82, 2.24) is 53.9 Å². The Balaban J connectivity index is 0.000000281. The predicted octanol–water partition coefficient (Wildman–Crippen LogP) is 34.1. The third-order valence-corrected chi connectivity index (χ3v) is 37.5. The summed E-state index contributed by atoms with van der Waals surface area (Å²) in [6.45, 7) is 154. The highest BCUT2D eigenvalue weighted by molar-refractivity contribution is 7.99. The van der Waals surface area contributed by atoms with Crippen molar-refractivity contribution in [3.63, 3.8) is 0 Å². The van der Waals surface area contributed by atoms with Crippen LogP contribution in [0.2, 0.25) is 0 Å². The van der Waals surface area contributed by atoms with E-state index in [1.807, 2.05) is 0 Å². The molecular weight excluding hydrogens is 1790 g/mol. The molecule has 0 aromatic carbocycles. The molecule has 4 aliphatic carbocycles. The van der Waals surface area contributed by atoms with Crippen molar-refractivity contribution in [3.05, 3.63) is 12.2 Å². The van der Waals surface area contributed by atoms with Gasteiger partial charge in [0.2, 0.25) is 0 Å². The molecule has 15 aliphatic rings. The van der Waals surface area contributed by atoms with Crippen molar-refractivity contribution in [2.45, 2.75) is 672 Å². The summed E-state index contributed by atoms with van der Waals surface area (Å²) in [6.07, 6.45) is 29.0. The molecule has 4 saturated carbocycles. The van der Waals surface area contributed by atoms with Crippen LogP contribution in [0, 0.1) is 96.6 Å². The number of hydrogen-bond acceptors (Lipinski definition) is 13. The third kappa shape index (κ3) is 39.3. The van der Waals surface area contributed by atoms with E-state index in [0.29, 0.717) is 94.2 Å². The number of rotatable bonds is 5. The van der Waals surface area contributed by atoms with Crippen LogP contribution in [0.25, 0.3) is 0 Å². The molecule has 14 fully saturated rings. The van der Waals surface area contributed by atoms with Crippen molar-refractivity contribution in [2.24, 2.45) is 96.6 Å². The van der Waals surface area contributed by atoms with E-state index in [0.717, 1.165) is 152 Å². The lowest BCUT2D eigenvalue weighted by molar-refractivity contribution is -0.0530. The second-order valence-electron chi connectivity index (χ2n) is 68.5. The van der Waals surface area contributed by atoms with Crippen LogP contribution in [0.3, 0.4) is 0 Å². The van der Waals surface area contributed by atoms with Crippen LogP contribution in [0.4, 0.5) is 0 Å². The molecule has 860 valence electrons. The Morgan fingerprint density at radius 3 is 1.06 bits per heavy atom. The Bertz CT molecular complexity index is 3460. The minimum atomic E-state index is 0.217. The van der Waals surface area contributed by atoms with Gasteiger partial charge < -0.3 is 4.74 Å². The number of hydrogen-bond donors (Lipinski definition) is 0. The fourth-order valence-corrected chi connectivity index (χ4v) is 30.9. The van der Waals surface area contributed by atoms with Crippen molar-refractivity contribution < 1.29 is 4.74 Å². The fourth-order valence-electron chi connectivity index (χ4n) is 29.2. The topological polar surface area (TPSA) is 44.9 Å². The average Bonchev–Trinajstić information content (AvgIpc) is 1.59. The first-order valence-corrected chi connectivity index (χ1v) is 62.4. The number of ether oxygens (including phenoxy) is 1. The summed E-state index contributed by atoms with van der Waals surface area (Å²) in [5.41, 5.74) is 6.17. The van der Waals surface area contributed by atoms with E-state index in [1.54, 1.807) is 0 Å². The molecule has 11 aliphatic heterocycles. The molecule has 0 aromatic heterocycles. The largest absolute Gasteiger partial charge is 0.364 e. The molecule has 0 spiro atoms. The van der Waals surface area contributed by atoms with Gasteiger partial charge in [0.1, 0.15) is 0 Å². The van der Waals surface area contributed by atoms with Gasteiger partial charge in [0.25, 0.3) is 0 Å². The molecule has 15 rings (SSSR count). The van der Waals surface area contributed by atoms with Gasteiger partial charge in [0.05, 0.1) is 13.3 Å². The molecule has 0 N–H and O–H groups in total. The monoisotopic (exact) mass is 2050 g/mol. The molecule has 12 nitrogen and oxygen atoms in total. The summed E-state index contributed by atoms with van der Waals surface area (Å²) in [4.78, 5) is 29.4. The molecule has 0 amide bonds. The zero-order chi connectivity index (χ0) is 112. The van der Waals surface area contributed by atoms with Gasteiger partial charge in [-0.3, -0.25) is 53.9 Å². The number of nitrogens with zero attached hydrogens (tertiary/aromatic N) is 11. The number of likely N-dealkylation sites (tertiary alicyclic amines) is 8. The van der Waals surface area contributed by atoms with Gasteiger partial charge in [-0.25, -0.2) is 0 Å². The lowest BCUT2D eigenvalue weighted by Gasteiger charge is -2.55. The predicted molar refractivity (Wildman–Crippen MR) is 648 cm³/mol. The van der Waals surface area contributed by atoms with E-state index in [-0.39, 0.29) is 11.1 Å². The first-order chi connectivity index (χ1) is 64.9. The normalized spacial score (nSPS) is 31.3. The fraction of sp³-hybridized carbons (Fsp3) is 0.985. The highest BCUT2D eigenvalue weighted by atomic mass is 32.2. The first kappa shape index (κ1) is 135. The Morgan fingerprint density at radius 2 is 0.717 bits per heavy atom. The van der Waals surface area contributed by atoms with Crippen LogP contribution in [0.15, 0.2) is 12.2 Å². The summed E-state index contributed by atoms with van der Waals surface area (Å²) in [7, 11) is 0. The molecule has 0 aromatic rings. The van der Waals surface area contributed by atoms with Gasteiger partial charge in [0.15, 0.2) is 0 Å². The Hall–Kier alpha value is -0.390. The van der Waals surface area contributed by atoms with Crippen LogP contribution in [0.1, 0.15) is 532 Å². The molecule has 11 heterocycles. The van der Waals surface area contributed by atoms with Crippen molar-refractivity contribution in [3.8, 4) is 0 Å². The van der Waals surface area contributed by atoms with E-state index >= 15 is 0 Å². The minimum Gasteiger partial charge on any atom is -0.364 e. The maximum Gasteiger partial charge on any atom is 0.0998 e. The van der Waals surface area contributed by atoms with E-state index in [9.17, 15) is 0 Å². The second-order valence-corrected chi connectivity index (χ2v) is 69.5. The van der Waals surface area contributed by atoms with Gasteiger partial charge in [-0.05, 0) is 427 Å². The van der Waals surface area contributed by atoms with Gasteiger partial charge in [-0.15, -0.1) is 11.8 Å². The quantitative estimate of drug-likeness (QED) is 0.246. The van der Waals surface area contributed by atoms with Gasteiger partial charge in [-0.2, -0.15) is 0 Å². The second kappa shape index (κ2) is 51.3. The van der Waals surface area contributed by atoms with Crippen LogP contribution in [0.5, 0.6) is 0 Å². The van der Waals surface area contributed by atoms with Crippen molar-refractivity contribution in [2.75, 3.05) is 70.8 Å². The van der Waals surface area contributed by atoms with E-state index in [1.165, 1.54) is 160 Å². The maximum absolute atomic E-state index is 5.55. The van der Waals surface area contributed by atoms with E-state index in [4.69, 9.17) is 4.74 Å². The molecule has 0 radical (unpaired) electrons. The third-order valence-electron chi connectivity index (χ3n) is 36.5. The zero-order valence-electron chi connectivity index (χ0n) is 110. The van der Waals surface area contributed by atoms with Gasteiger partial charge >= 0.3 is 0 Å². The Morgan fingerprint density at radius 1 is 0.283 bits per heavy atom. The lowest BCUT2D eigenvalue weighted by atomic mass is 9.76. The standard InChI is InChI=1S/C15H29N.C14H27N.C13H25N.C12H25N.C12H23N.C12H25N.C11H23NO.C11H23NS.C11H21N.C11H23N.C10H21N/c1-14(2,3)13-10-11-8-7-9-12(11)16(13)15(4,5)6;1-13(2,3)12-10-7-8-11(9-10)15(12)14(4,5)6;1-12(2,3)11-10-7-9(10)8-14(11)13(4,5)6;2*1-11(2,3)10-8-7-9-13(10)12(4,5)6;1-10(2)11-8-6-7-9-13(11)12(3,4)5;2*1-10(2,3)9-7-13-8-12(9)11(4,5)6;1-7(2)11-10-5-9(10)6-12(11)8(3)4;1-10(2,3)9-7-8-12(9)11(4,5)6;1-8(2)10-6-5-7-11(10)9(3)4/h11-13H,7-10H2,1-6H3;10-12H,7-9H2,1-6H3;9-11H,7-8H2,1-6H3;10H,7-9H2,1-6H3;7-8,10H,9H2,1-6H3;10-11H,6-9H2,1-5H3;2*9H,7-8H2,1-6H3;7-11H,5-6H2,1-4H3;9H,7-8H2,1-6H3;8-10H,5-7H2,1-4H3/t;;;;;;;;9-,10-,11+;;10-/m........0.0/s1. The van der Waals surface area contributed by atoms with Crippen LogP contribution in [-0.2, 0) is 4.74 Å². The molecule has 10 saturated heterocycles. The van der Waals surface area contributed by atoms with E-state index in [2.05, 4.69) is 500 Å². The van der Waals surface area contributed by atoms with Gasteiger partial charge in [0, 0.05) is 178 Å². The average molecular weight is 2050 g/mol. The highest BCUT2D eigenvalue weighted by Gasteiger charge is 2.60. The number of fused-ring (bicyclic) bond motifs is 5. The maximum atomic E-state index is 5.55. The Kier molecular flexibility index (Phi) is 47.8. The summed E-state index contributed by atoms with van der Waals surface area (Å²) in [5.74, 6) is 11.1. The molecular formula is C132H265N11OS. The minimum absolute atomic E-state index is 0.217. The lowest BCUT2D eigenvalue weighted by Crippen LogP contribution is -2.61. The van der Waals surface area contributed by atoms with Crippen LogP contribution >= 0.6 is 11.8 Å². The summed E-state index contributed by atoms with van der Waals surface area (Å²) < 4.78 is 5.55. The summed E-state index contributed by atoms with van der Waals surface area (Å²) in [5, 5.41) is 0. The molecule has 15 unspecified atom stereocenters. The Labute approximate surface area is 915 Å². The molecule has 13 heteroatoms. The van der Waals surface area contributed by atoms with Gasteiger partial charge in [-0.1, -0.05) is 233 Å². The smallest absolute Gasteiger partial charge is 0.0998 e. The summed E-state index contributed by atoms with van der Waals surface area (Å²) >= 11 is 2.07. The molecule has 19 atom stereocenters. The van der Waals surface area contributed by atoms with Crippen molar-refractivity contribution >= 4 is 11.8 Å². The summed E-state index contributed by atoms with van der Waals surface area (Å²) in [6, 6.07) is 11.6. The van der Waals surface area contributed by atoms with E-state index < -0.39 is 0 Å². The molecule has 2 bridgehead atoms. The van der Waals surface area contributed by atoms with Crippen LogP contribution < -0.4 is 0 Å². The highest BCUT2D eigenvalue weighted by Crippen LogP contribution is 2.58. The number of thioether (sulfide) groups is 1. The first-order valence-electron chi connectivity index (χ1n) is 61.2.